The van der Waals surface area contributed by atoms with E-state index >= 15 is 0 Å². The van der Waals surface area contributed by atoms with E-state index in [0.717, 1.165) is 6.08 Å². The fourth-order valence-corrected chi connectivity index (χ4v) is 1.88. The van der Waals surface area contributed by atoms with E-state index in [1.54, 1.807) is 30.3 Å². The summed E-state index contributed by atoms with van der Waals surface area (Å²) in [5.41, 5.74) is 4.96. The van der Waals surface area contributed by atoms with Gasteiger partial charge < -0.3 is 0 Å². The lowest BCUT2D eigenvalue weighted by Crippen LogP contribution is -2.40. The molecule has 0 unspecified atom stereocenters. The predicted octanol–water partition coefficient (Wildman–Crippen LogP) is 2.95. The highest BCUT2D eigenvalue weighted by Gasteiger charge is 2.06. The van der Waals surface area contributed by atoms with Crippen LogP contribution in [0.25, 0.3) is 6.08 Å². The first-order valence-electron chi connectivity index (χ1n) is 6.35. The van der Waals surface area contributed by atoms with Crippen molar-refractivity contribution in [1.29, 1.82) is 0 Å². The number of rotatable bonds is 3. The first-order valence-corrected chi connectivity index (χ1v) is 6.73. The van der Waals surface area contributed by atoms with Crippen LogP contribution in [0, 0.1) is 5.82 Å². The van der Waals surface area contributed by atoms with E-state index in [2.05, 4.69) is 10.9 Å². The summed E-state index contributed by atoms with van der Waals surface area (Å²) in [6, 6.07) is 12.6. The maximum absolute atomic E-state index is 13.5. The minimum absolute atomic E-state index is 0.105. The Morgan fingerprint density at radius 2 is 1.73 bits per heavy atom. The van der Waals surface area contributed by atoms with Crippen LogP contribution in [0.4, 0.5) is 4.39 Å². The van der Waals surface area contributed by atoms with Gasteiger partial charge >= 0.3 is 0 Å². The summed E-state index contributed by atoms with van der Waals surface area (Å²) >= 11 is 5.83. The summed E-state index contributed by atoms with van der Waals surface area (Å²) in [5.74, 6) is -1.60. The third kappa shape index (κ3) is 4.17. The van der Waals surface area contributed by atoms with Crippen LogP contribution in [0.15, 0.2) is 54.6 Å². The molecule has 2 amide bonds. The summed E-state index contributed by atoms with van der Waals surface area (Å²) in [4.78, 5) is 23.3. The van der Waals surface area contributed by atoms with Crippen molar-refractivity contribution in [2.24, 2.45) is 0 Å². The topological polar surface area (TPSA) is 58.2 Å². The number of hydrogen-bond donors (Lipinski definition) is 2. The molecule has 0 radical (unpaired) electrons. The smallest absolute Gasteiger partial charge is 0.268 e. The maximum Gasteiger partial charge on any atom is 0.269 e. The van der Waals surface area contributed by atoms with Crippen LogP contribution in [0.1, 0.15) is 15.9 Å². The average molecular weight is 319 g/mol. The average Bonchev–Trinajstić information content (AvgIpc) is 2.53. The van der Waals surface area contributed by atoms with Crippen molar-refractivity contribution in [2.45, 2.75) is 0 Å². The van der Waals surface area contributed by atoms with Crippen LogP contribution >= 0.6 is 11.6 Å². The highest BCUT2D eigenvalue weighted by atomic mass is 35.5. The van der Waals surface area contributed by atoms with E-state index in [1.807, 2.05) is 0 Å². The predicted molar refractivity (Wildman–Crippen MR) is 82.5 cm³/mol. The number of halogens is 2. The van der Waals surface area contributed by atoms with Crippen LogP contribution in [-0.2, 0) is 4.79 Å². The van der Waals surface area contributed by atoms with E-state index in [0.29, 0.717) is 5.56 Å². The zero-order valence-corrected chi connectivity index (χ0v) is 12.1. The third-order valence-corrected chi connectivity index (χ3v) is 3.07. The van der Waals surface area contributed by atoms with Crippen LogP contribution in [0.5, 0.6) is 0 Å². The molecule has 112 valence electrons. The van der Waals surface area contributed by atoms with E-state index in [1.165, 1.54) is 24.3 Å². The molecular weight excluding hydrogens is 307 g/mol. The van der Waals surface area contributed by atoms with Crippen molar-refractivity contribution in [3.8, 4) is 0 Å². The number of nitrogens with one attached hydrogen (secondary N) is 2. The van der Waals surface area contributed by atoms with Gasteiger partial charge in [-0.05, 0) is 30.3 Å². The van der Waals surface area contributed by atoms with Gasteiger partial charge in [0.15, 0.2) is 0 Å². The van der Waals surface area contributed by atoms with Crippen molar-refractivity contribution < 1.29 is 14.0 Å². The van der Waals surface area contributed by atoms with Gasteiger partial charge in [-0.25, -0.2) is 4.39 Å². The van der Waals surface area contributed by atoms with Gasteiger partial charge in [-0.15, -0.1) is 0 Å². The second-order valence-electron chi connectivity index (χ2n) is 4.28. The Morgan fingerprint density at radius 1 is 1.00 bits per heavy atom. The number of amides is 2. The van der Waals surface area contributed by atoms with Gasteiger partial charge in [0.1, 0.15) is 5.82 Å². The molecule has 0 saturated carbocycles. The summed E-state index contributed by atoms with van der Waals surface area (Å²) in [7, 11) is 0. The normalized spacial score (nSPS) is 10.5. The molecule has 2 rings (SSSR count). The number of benzene rings is 2. The van der Waals surface area contributed by atoms with Crippen molar-refractivity contribution in [2.75, 3.05) is 0 Å². The molecule has 6 heteroatoms. The Morgan fingerprint density at radius 3 is 2.41 bits per heavy atom. The minimum atomic E-state index is -0.608. The number of carbonyl (C=O) groups excluding carboxylic acids is 2. The van der Waals surface area contributed by atoms with Crippen LogP contribution < -0.4 is 10.9 Å². The lowest BCUT2D eigenvalue weighted by Gasteiger charge is -2.05. The molecule has 0 spiro atoms. The molecule has 0 atom stereocenters. The molecule has 0 aromatic heterocycles. The Hall–Kier alpha value is -2.66. The summed E-state index contributed by atoms with van der Waals surface area (Å²) in [5, 5.41) is 0.192. The molecule has 4 nitrogen and oxygen atoms in total. The molecule has 0 aliphatic heterocycles. The largest absolute Gasteiger partial charge is 0.269 e. The second-order valence-corrected chi connectivity index (χ2v) is 4.69. The van der Waals surface area contributed by atoms with Gasteiger partial charge in [-0.3, -0.25) is 20.4 Å². The number of carbonyl (C=O) groups is 2. The lowest BCUT2D eigenvalue weighted by molar-refractivity contribution is -0.117. The molecule has 0 bridgehead atoms. The van der Waals surface area contributed by atoms with Crippen molar-refractivity contribution in [3.63, 3.8) is 0 Å². The van der Waals surface area contributed by atoms with Gasteiger partial charge in [0, 0.05) is 17.2 Å². The Labute approximate surface area is 131 Å². The number of hydrazine groups is 1. The highest BCUT2D eigenvalue weighted by Crippen LogP contribution is 2.20. The highest BCUT2D eigenvalue weighted by molar-refractivity contribution is 6.32. The molecule has 2 aromatic carbocycles. The first kappa shape index (κ1) is 15.7. The SMILES string of the molecule is O=C(/C=C/c1c(F)cccc1Cl)NNC(=O)c1ccccc1. The third-order valence-electron chi connectivity index (χ3n) is 2.74. The van der Waals surface area contributed by atoms with Crippen LogP contribution in [0.3, 0.4) is 0 Å². The summed E-state index contributed by atoms with van der Waals surface area (Å²) in [6.45, 7) is 0. The monoisotopic (exact) mass is 318 g/mol. The maximum atomic E-state index is 13.5. The Bertz CT molecular complexity index is 697. The fraction of sp³-hybridized carbons (Fsp3) is 0. The van der Waals surface area contributed by atoms with Crippen LogP contribution in [0.2, 0.25) is 5.02 Å². The molecular formula is C16H12ClFN2O2. The number of hydrogen-bond acceptors (Lipinski definition) is 2. The van der Waals surface area contributed by atoms with Gasteiger partial charge in [-0.2, -0.15) is 0 Å². The Balaban J connectivity index is 1.93. The fourth-order valence-electron chi connectivity index (χ4n) is 1.65. The lowest BCUT2D eigenvalue weighted by atomic mass is 10.2. The standard InChI is InChI=1S/C16H12ClFN2O2/c17-13-7-4-8-14(18)12(13)9-10-15(21)19-20-16(22)11-5-2-1-3-6-11/h1-10H,(H,19,21)(H,20,22)/b10-9+. The molecule has 0 saturated heterocycles. The molecule has 0 aliphatic rings. The second kappa shape index (κ2) is 7.38. The quantitative estimate of drug-likeness (QED) is 0.675. The van der Waals surface area contributed by atoms with E-state index in [4.69, 9.17) is 11.6 Å². The molecule has 0 heterocycles. The van der Waals surface area contributed by atoms with Gasteiger partial charge in [0.25, 0.3) is 11.8 Å². The van der Waals surface area contributed by atoms with Crippen molar-refractivity contribution >= 4 is 29.5 Å². The molecule has 2 aromatic rings. The van der Waals surface area contributed by atoms with Crippen molar-refractivity contribution in [1.82, 2.24) is 10.9 Å². The molecule has 22 heavy (non-hydrogen) atoms. The van der Waals surface area contributed by atoms with Gasteiger partial charge in [-0.1, -0.05) is 35.9 Å². The van der Waals surface area contributed by atoms with E-state index < -0.39 is 17.6 Å². The zero-order valence-electron chi connectivity index (χ0n) is 11.3. The Kier molecular flexibility index (Phi) is 5.27. The zero-order chi connectivity index (χ0) is 15.9. The van der Waals surface area contributed by atoms with Crippen LogP contribution in [-0.4, -0.2) is 11.8 Å². The van der Waals surface area contributed by atoms with Gasteiger partial charge in [0.2, 0.25) is 0 Å². The van der Waals surface area contributed by atoms with Crippen molar-refractivity contribution in [3.05, 3.63) is 76.6 Å². The van der Waals surface area contributed by atoms with E-state index in [-0.39, 0.29) is 10.6 Å². The summed E-state index contributed by atoms with van der Waals surface area (Å²) in [6.07, 6.45) is 2.32. The molecule has 0 aliphatic carbocycles. The first-order chi connectivity index (χ1) is 10.6. The minimum Gasteiger partial charge on any atom is -0.268 e. The molecule has 2 N–H and O–H groups in total. The molecule has 0 fully saturated rings. The van der Waals surface area contributed by atoms with E-state index in [9.17, 15) is 14.0 Å². The summed E-state index contributed by atoms with van der Waals surface area (Å²) < 4.78 is 13.5. The van der Waals surface area contributed by atoms with Gasteiger partial charge in [0.05, 0.1) is 5.02 Å².